The van der Waals surface area contributed by atoms with E-state index in [0.717, 1.165) is 46.8 Å². The molecule has 4 aromatic carbocycles. The molecule has 2 N–H and O–H groups in total. The smallest absolute Gasteiger partial charge is 0.123 e. The number of anilines is 1. The highest BCUT2D eigenvalue weighted by Gasteiger charge is 2.15. The number of nitrogens with zero attached hydrogens (tertiary/aromatic N) is 1. The van der Waals surface area contributed by atoms with Crippen molar-refractivity contribution in [1.82, 2.24) is 4.90 Å². The molecule has 1 heterocycles. The van der Waals surface area contributed by atoms with Crippen LogP contribution in [0.2, 0.25) is 0 Å². The van der Waals surface area contributed by atoms with Gasteiger partial charge in [0.25, 0.3) is 0 Å². The maximum Gasteiger partial charge on any atom is 0.123 e. The van der Waals surface area contributed by atoms with Crippen molar-refractivity contribution < 1.29 is 9.47 Å². The molecule has 0 saturated carbocycles. The SMILES string of the molecule is COc1cc(Cc2ccc(OCc3ccccc3)cc2-c2ccc(N)cc2)ccc1CN1CCCC1. The summed E-state index contributed by atoms with van der Waals surface area (Å²) in [4.78, 5) is 2.50. The highest BCUT2D eigenvalue weighted by atomic mass is 16.5. The lowest BCUT2D eigenvalue weighted by atomic mass is 9.94. The Labute approximate surface area is 214 Å². The second-order valence-corrected chi connectivity index (χ2v) is 9.52. The molecule has 184 valence electrons. The van der Waals surface area contributed by atoms with Gasteiger partial charge in [-0.25, -0.2) is 0 Å². The van der Waals surface area contributed by atoms with Gasteiger partial charge in [-0.05, 0) is 90.5 Å². The van der Waals surface area contributed by atoms with Gasteiger partial charge in [0.1, 0.15) is 18.1 Å². The van der Waals surface area contributed by atoms with Gasteiger partial charge in [0.05, 0.1) is 7.11 Å². The van der Waals surface area contributed by atoms with Crippen LogP contribution >= 0.6 is 0 Å². The molecule has 4 heteroatoms. The molecule has 1 aliphatic heterocycles. The Morgan fingerprint density at radius 1 is 0.778 bits per heavy atom. The first-order valence-corrected chi connectivity index (χ1v) is 12.7. The van der Waals surface area contributed by atoms with E-state index in [1.807, 2.05) is 30.3 Å². The number of nitrogens with two attached hydrogens (primary N) is 1. The van der Waals surface area contributed by atoms with E-state index in [1.54, 1.807) is 7.11 Å². The van der Waals surface area contributed by atoms with E-state index in [4.69, 9.17) is 15.2 Å². The molecule has 0 unspecified atom stereocenters. The fourth-order valence-electron chi connectivity index (χ4n) is 4.90. The third-order valence-corrected chi connectivity index (χ3v) is 6.89. The third-order valence-electron chi connectivity index (χ3n) is 6.89. The minimum absolute atomic E-state index is 0.539. The van der Waals surface area contributed by atoms with E-state index in [2.05, 4.69) is 65.6 Å². The van der Waals surface area contributed by atoms with Crippen molar-refractivity contribution in [3.05, 3.63) is 113 Å². The van der Waals surface area contributed by atoms with Crippen molar-refractivity contribution in [3.8, 4) is 22.6 Å². The Balaban J connectivity index is 1.40. The molecule has 4 aromatic rings. The van der Waals surface area contributed by atoms with Gasteiger partial charge in [-0.2, -0.15) is 0 Å². The van der Waals surface area contributed by atoms with Crippen molar-refractivity contribution >= 4 is 5.69 Å². The first-order valence-electron chi connectivity index (χ1n) is 12.7. The number of ether oxygens (including phenoxy) is 2. The number of benzene rings is 4. The first kappa shape index (κ1) is 24.0. The third kappa shape index (κ3) is 5.89. The quantitative estimate of drug-likeness (QED) is 0.272. The van der Waals surface area contributed by atoms with E-state index < -0.39 is 0 Å². The molecule has 0 aliphatic carbocycles. The maximum atomic E-state index is 6.15. The number of hydrogen-bond donors (Lipinski definition) is 1. The summed E-state index contributed by atoms with van der Waals surface area (Å²) < 4.78 is 11.9. The van der Waals surface area contributed by atoms with Gasteiger partial charge in [-0.15, -0.1) is 0 Å². The van der Waals surface area contributed by atoms with Crippen LogP contribution in [0.25, 0.3) is 11.1 Å². The Morgan fingerprint density at radius 3 is 2.28 bits per heavy atom. The van der Waals surface area contributed by atoms with Crippen molar-refractivity contribution in [3.63, 3.8) is 0 Å². The fraction of sp³-hybridized carbons (Fsp3) is 0.250. The Kier molecular flexibility index (Phi) is 7.53. The zero-order valence-electron chi connectivity index (χ0n) is 21.0. The van der Waals surface area contributed by atoms with Crippen LogP contribution in [0, 0.1) is 0 Å². The largest absolute Gasteiger partial charge is 0.496 e. The summed E-state index contributed by atoms with van der Waals surface area (Å²) in [5.41, 5.74) is 13.9. The molecule has 0 bridgehead atoms. The van der Waals surface area contributed by atoms with Crippen LogP contribution in [0.4, 0.5) is 5.69 Å². The van der Waals surface area contributed by atoms with E-state index in [9.17, 15) is 0 Å². The highest BCUT2D eigenvalue weighted by Crippen LogP contribution is 2.32. The van der Waals surface area contributed by atoms with Crippen LogP contribution in [-0.4, -0.2) is 25.1 Å². The molecule has 0 radical (unpaired) electrons. The van der Waals surface area contributed by atoms with Crippen LogP contribution in [0.15, 0.2) is 91.0 Å². The number of likely N-dealkylation sites (tertiary alicyclic amines) is 1. The first-order chi connectivity index (χ1) is 17.7. The van der Waals surface area contributed by atoms with Crippen LogP contribution in [-0.2, 0) is 19.6 Å². The second kappa shape index (κ2) is 11.3. The maximum absolute atomic E-state index is 6.15. The zero-order chi connectivity index (χ0) is 24.7. The summed E-state index contributed by atoms with van der Waals surface area (Å²) in [7, 11) is 1.77. The molecule has 1 aliphatic rings. The predicted molar refractivity (Wildman–Crippen MR) is 147 cm³/mol. The van der Waals surface area contributed by atoms with E-state index in [1.165, 1.54) is 42.6 Å². The summed E-state index contributed by atoms with van der Waals surface area (Å²) in [6.07, 6.45) is 3.39. The van der Waals surface area contributed by atoms with Crippen molar-refractivity contribution in [2.45, 2.75) is 32.4 Å². The van der Waals surface area contributed by atoms with Gasteiger partial charge in [-0.3, -0.25) is 4.90 Å². The lowest BCUT2D eigenvalue weighted by molar-refractivity contribution is 0.306. The summed E-state index contributed by atoms with van der Waals surface area (Å²) in [5.74, 6) is 1.82. The van der Waals surface area contributed by atoms with Crippen molar-refractivity contribution in [2.75, 3.05) is 25.9 Å². The van der Waals surface area contributed by atoms with Gasteiger partial charge >= 0.3 is 0 Å². The van der Waals surface area contributed by atoms with Crippen LogP contribution < -0.4 is 15.2 Å². The lowest BCUT2D eigenvalue weighted by Gasteiger charge is -2.18. The van der Waals surface area contributed by atoms with E-state index in [-0.39, 0.29) is 0 Å². The summed E-state index contributed by atoms with van der Waals surface area (Å²) >= 11 is 0. The normalized spacial score (nSPS) is 13.6. The molecule has 0 atom stereocenters. The number of rotatable bonds is 9. The molecule has 0 amide bonds. The minimum atomic E-state index is 0.539. The molecular formula is C32H34N2O2. The van der Waals surface area contributed by atoms with Crippen LogP contribution in [0.1, 0.15) is 35.1 Å². The molecule has 5 rings (SSSR count). The molecule has 1 fully saturated rings. The van der Waals surface area contributed by atoms with Crippen LogP contribution in [0.3, 0.4) is 0 Å². The van der Waals surface area contributed by atoms with Gasteiger partial charge in [0.2, 0.25) is 0 Å². The standard InChI is InChI=1S/C32H34N2O2/c1-35-32-20-25(9-10-28(32)22-34-17-5-6-18-34)19-27-13-16-30(36-23-24-7-3-2-4-8-24)21-31(27)26-11-14-29(33)15-12-26/h2-4,7-16,20-21H,5-6,17-19,22-23,33H2,1H3. The molecule has 36 heavy (non-hydrogen) atoms. The molecule has 1 saturated heterocycles. The highest BCUT2D eigenvalue weighted by molar-refractivity contribution is 5.71. The Bertz CT molecular complexity index is 1280. The Hall–Kier alpha value is -3.76. The van der Waals surface area contributed by atoms with Crippen molar-refractivity contribution in [2.24, 2.45) is 0 Å². The van der Waals surface area contributed by atoms with E-state index in [0.29, 0.717) is 6.61 Å². The molecule has 0 aromatic heterocycles. The average Bonchev–Trinajstić information content (AvgIpc) is 3.43. The number of nitrogen functional groups attached to an aromatic ring is 1. The molecule has 0 spiro atoms. The van der Waals surface area contributed by atoms with Crippen LogP contribution in [0.5, 0.6) is 11.5 Å². The molecular weight excluding hydrogens is 444 g/mol. The van der Waals surface area contributed by atoms with Crippen molar-refractivity contribution in [1.29, 1.82) is 0 Å². The number of hydrogen-bond acceptors (Lipinski definition) is 4. The zero-order valence-corrected chi connectivity index (χ0v) is 21.0. The summed E-state index contributed by atoms with van der Waals surface area (Å²) in [5, 5.41) is 0. The van der Waals surface area contributed by atoms with E-state index >= 15 is 0 Å². The Morgan fingerprint density at radius 2 is 1.53 bits per heavy atom. The average molecular weight is 479 g/mol. The topological polar surface area (TPSA) is 47.7 Å². The molecule has 4 nitrogen and oxygen atoms in total. The second-order valence-electron chi connectivity index (χ2n) is 9.52. The minimum Gasteiger partial charge on any atom is -0.496 e. The number of methoxy groups -OCH3 is 1. The van der Waals surface area contributed by atoms with Gasteiger partial charge in [0, 0.05) is 17.8 Å². The predicted octanol–water partition coefficient (Wildman–Crippen LogP) is 6.71. The van der Waals surface area contributed by atoms with Gasteiger partial charge in [0.15, 0.2) is 0 Å². The van der Waals surface area contributed by atoms with Gasteiger partial charge < -0.3 is 15.2 Å². The summed E-state index contributed by atoms with van der Waals surface area (Å²) in [6, 6.07) is 31.3. The fourth-order valence-corrected chi connectivity index (χ4v) is 4.90. The monoisotopic (exact) mass is 478 g/mol. The lowest BCUT2D eigenvalue weighted by Crippen LogP contribution is -2.18. The summed E-state index contributed by atoms with van der Waals surface area (Å²) in [6.45, 7) is 3.84. The van der Waals surface area contributed by atoms with Gasteiger partial charge in [-0.1, -0.05) is 60.7 Å².